The smallest absolute Gasteiger partial charge is 0.423 e. The second-order valence-corrected chi connectivity index (χ2v) is 9.70. The van der Waals surface area contributed by atoms with Gasteiger partial charge in [0.2, 0.25) is 0 Å². The molecule has 0 aliphatic heterocycles. The van der Waals surface area contributed by atoms with E-state index in [1.165, 1.54) is 11.9 Å². The van der Waals surface area contributed by atoms with Crippen LogP contribution in [-0.4, -0.2) is 46.5 Å². The minimum atomic E-state index is -1.99. The SMILES string of the molecule is C=C(/C(=C/C)N=CC(C)C)/C(=C(\N=C(/C)N(C)c1c(F)cc(B(O)O)cc1F)Nc1cc(C)[nH]n1)C1CC1. The molecule has 0 spiro atoms. The summed E-state index contributed by atoms with van der Waals surface area (Å²) >= 11 is 0. The van der Waals surface area contributed by atoms with Gasteiger partial charge in [-0.05, 0) is 68.6 Å². The molecular formula is C27H35BF2N6O2. The van der Waals surface area contributed by atoms with Crippen LogP contribution >= 0.6 is 0 Å². The molecule has 11 heteroatoms. The maximum atomic E-state index is 14.9. The molecule has 1 aromatic carbocycles. The van der Waals surface area contributed by atoms with Gasteiger partial charge in [-0.3, -0.25) is 10.1 Å². The van der Waals surface area contributed by atoms with Crippen LogP contribution in [0.3, 0.4) is 0 Å². The lowest BCUT2D eigenvalue weighted by molar-refractivity contribution is 0.425. The van der Waals surface area contributed by atoms with E-state index in [2.05, 4.69) is 27.1 Å². The van der Waals surface area contributed by atoms with Gasteiger partial charge >= 0.3 is 7.12 Å². The lowest BCUT2D eigenvalue weighted by atomic mass is 9.80. The minimum absolute atomic E-state index is 0.190. The quantitative estimate of drug-likeness (QED) is 0.159. The number of aryl methyl sites for hydroxylation is 1. The van der Waals surface area contributed by atoms with Crippen molar-refractivity contribution in [1.29, 1.82) is 0 Å². The van der Waals surface area contributed by atoms with Gasteiger partial charge in [0, 0.05) is 30.6 Å². The molecule has 2 aromatic rings. The van der Waals surface area contributed by atoms with Crippen LogP contribution in [-0.2, 0) is 0 Å². The lowest BCUT2D eigenvalue weighted by Gasteiger charge is -2.22. The number of nitrogens with one attached hydrogen (secondary N) is 2. The van der Waals surface area contributed by atoms with Crippen LogP contribution < -0.4 is 15.7 Å². The summed E-state index contributed by atoms with van der Waals surface area (Å²) in [5, 5.41) is 29.1. The van der Waals surface area contributed by atoms with Crippen molar-refractivity contribution in [2.24, 2.45) is 21.8 Å². The number of anilines is 2. The molecule has 0 saturated heterocycles. The molecule has 1 aliphatic rings. The van der Waals surface area contributed by atoms with Gasteiger partial charge in [0.05, 0.1) is 5.70 Å². The summed E-state index contributed by atoms with van der Waals surface area (Å²) in [5.74, 6) is -0.170. The number of aromatic amines is 1. The van der Waals surface area contributed by atoms with Gasteiger partial charge in [-0.25, -0.2) is 13.8 Å². The Morgan fingerprint density at radius 2 is 1.89 bits per heavy atom. The normalized spacial score (nSPS) is 15.2. The molecule has 1 aromatic heterocycles. The van der Waals surface area contributed by atoms with Gasteiger partial charge < -0.3 is 20.3 Å². The van der Waals surface area contributed by atoms with E-state index >= 15 is 0 Å². The summed E-state index contributed by atoms with van der Waals surface area (Å²) in [4.78, 5) is 10.7. The first kappa shape index (κ1) is 29.0. The molecule has 1 aliphatic carbocycles. The van der Waals surface area contributed by atoms with Crippen LogP contribution in [0.2, 0.25) is 0 Å². The highest BCUT2D eigenvalue weighted by atomic mass is 19.1. The summed E-state index contributed by atoms with van der Waals surface area (Å²) in [5.41, 5.74) is 2.48. The Morgan fingerprint density at radius 3 is 2.37 bits per heavy atom. The first-order valence-corrected chi connectivity index (χ1v) is 12.5. The number of aromatic nitrogens is 2. The number of nitrogens with zero attached hydrogens (tertiary/aromatic N) is 4. The third-order valence-corrected chi connectivity index (χ3v) is 6.04. The molecule has 8 nitrogen and oxygen atoms in total. The molecule has 0 radical (unpaired) electrons. The fraction of sp³-hybridized carbons (Fsp3) is 0.370. The average Bonchev–Trinajstić information content (AvgIpc) is 3.58. The molecule has 0 amide bonds. The Bertz CT molecular complexity index is 1290. The third kappa shape index (κ3) is 7.05. The lowest BCUT2D eigenvalue weighted by Crippen LogP contribution is -2.33. The van der Waals surface area contributed by atoms with Crippen LogP contribution in [0.15, 0.2) is 63.5 Å². The summed E-state index contributed by atoms with van der Waals surface area (Å²) in [6.07, 6.45) is 5.64. The molecule has 202 valence electrons. The summed E-state index contributed by atoms with van der Waals surface area (Å²) in [6.45, 7) is 13.8. The Kier molecular flexibility index (Phi) is 9.40. The van der Waals surface area contributed by atoms with Crippen molar-refractivity contribution in [3.8, 4) is 0 Å². The van der Waals surface area contributed by atoms with Gasteiger partial charge in [-0.2, -0.15) is 5.10 Å². The molecule has 3 rings (SSSR count). The minimum Gasteiger partial charge on any atom is -0.423 e. The van der Waals surface area contributed by atoms with Crippen LogP contribution in [0.25, 0.3) is 0 Å². The van der Waals surface area contributed by atoms with Gasteiger partial charge in [-0.1, -0.05) is 26.5 Å². The number of hydrogen-bond acceptors (Lipinski definition) is 6. The van der Waals surface area contributed by atoms with Gasteiger partial charge in [-0.15, -0.1) is 0 Å². The van der Waals surface area contributed by atoms with Crippen LogP contribution in [0.5, 0.6) is 0 Å². The van der Waals surface area contributed by atoms with Crippen molar-refractivity contribution < 1.29 is 18.8 Å². The van der Waals surface area contributed by atoms with E-state index in [-0.39, 0.29) is 28.8 Å². The van der Waals surface area contributed by atoms with Gasteiger partial charge in [0.1, 0.15) is 29.0 Å². The molecule has 1 heterocycles. The Hall–Kier alpha value is -3.57. The molecule has 38 heavy (non-hydrogen) atoms. The van der Waals surface area contributed by atoms with Gasteiger partial charge in [0.25, 0.3) is 0 Å². The molecule has 4 N–H and O–H groups in total. The first-order valence-electron chi connectivity index (χ1n) is 12.5. The highest BCUT2D eigenvalue weighted by molar-refractivity contribution is 6.58. The summed E-state index contributed by atoms with van der Waals surface area (Å²) in [7, 11) is -0.503. The summed E-state index contributed by atoms with van der Waals surface area (Å²) < 4.78 is 29.7. The van der Waals surface area contributed by atoms with E-state index < -0.39 is 18.8 Å². The van der Waals surface area contributed by atoms with E-state index in [9.17, 15) is 18.8 Å². The Morgan fingerprint density at radius 1 is 1.26 bits per heavy atom. The standard InChI is InChI=1S/C27H35BF2N6O2/c1-8-23(31-14-15(2)3)17(5)25(19-9-10-19)27(33-24-11-16(4)34-35-24)32-18(6)36(7)26-21(29)12-20(28(37)38)13-22(26)30/h8,11-15,19,37-38H,5,9-10H2,1-4,6-7H3,(H2,33,34,35)/b23-8-,27-25-,31-14?,32-18+. The predicted octanol–water partition coefficient (Wildman–Crippen LogP) is 4.45. The topological polar surface area (TPSA) is 109 Å². The zero-order valence-corrected chi connectivity index (χ0v) is 22.7. The zero-order chi connectivity index (χ0) is 28.1. The predicted molar refractivity (Wildman–Crippen MR) is 151 cm³/mol. The van der Waals surface area contributed by atoms with Crippen LogP contribution in [0.1, 0.15) is 46.2 Å². The monoisotopic (exact) mass is 524 g/mol. The average molecular weight is 524 g/mol. The molecule has 1 saturated carbocycles. The number of halogens is 2. The maximum absolute atomic E-state index is 14.9. The van der Waals surface area contributed by atoms with E-state index in [0.717, 1.165) is 41.9 Å². The van der Waals surface area contributed by atoms with E-state index in [0.29, 0.717) is 17.2 Å². The molecule has 0 bridgehead atoms. The Balaban J connectivity index is 2.12. The first-order chi connectivity index (χ1) is 17.9. The maximum Gasteiger partial charge on any atom is 0.488 e. The number of allylic oxidation sites excluding steroid dienone is 2. The van der Waals surface area contributed by atoms with E-state index in [1.807, 2.05) is 46.1 Å². The zero-order valence-electron chi connectivity index (χ0n) is 22.7. The second kappa shape index (κ2) is 12.3. The largest absolute Gasteiger partial charge is 0.488 e. The highest BCUT2D eigenvalue weighted by Gasteiger charge is 2.32. The van der Waals surface area contributed by atoms with Crippen molar-refractivity contribution in [2.45, 2.75) is 47.5 Å². The Labute approximate surface area is 222 Å². The molecular weight excluding hydrogens is 489 g/mol. The number of aliphatic imine (C=N–C) groups is 2. The van der Waals surface area contributed by atoms with Crippen molar-refractivity contribution in [2.75, 3.05) is 17.3 Å². The van der Waals surface area contributed by atoms with Crippen LogP contribution in [0.4, 0.5) is 20.3 Å². The molecule has 0 atom stereocenters. The molecule has 1 fully saturated rings. The number of hydrogen-bond donors (Lipinski definition) is 4. The van der Waals surface area contributed by atoms with Gasteiger partial charge in [0.15, 0.2) is 5.82 Å². The fourth-order valence-corrected chi connectivity index (χ4v) is 3.86. The fourth-order valence-electron chi connectivity index (χ4n) is 3.86. The summed E-state index contributed by atoms with van der Waals surface area (Å²) in [6, 6.07) is 3.60. The van der Waals surface area contributed by atoms with E-state index in [1.54, 1.807) is 6.92 Å². The number of amidine groups is 1. The third-order valence-electron chi connectivity index (χ3n) is 6.04. The molecule has 0 unspecified atom stereocenters. The van der Waals surface area contributed by atoms with Crippen molar-refractivity contribution in [3.05, 3.63) is 70.8 Å². The van der Waals surface area contributed by atoms with Crippen molar-refractivity contribution in [1.82, 2.24) is 10.2 Å². The number of H-pyrrole nitrogens is 1. The van der Waals surface area contributed by atoms with E-state index in [4.69, 9.17) is 4.99 Å². The highest BCUT2D eigenvalue weighted by Crippen LogP contribution is 2.43. The van der Waals surface area contributed by atoms with Crippen molar-refractivity contribution in [3.63, 3.8) is 0 Å². The van der Waals surface area contributed by atoms with Crippen LogP contribution in [0, 0.1) is 30.4 Å². The van der Waals surface area contributed by atoms with Crippen molar-refractivity contribution >= 4 is 36.1 Å². The second-order valence-electron chi connectivity index (χ2n) is 9.70. The number of rotatable bonds is 10. The number of benzene rings is 1.